The number of nitrogens with one attached hydrogen (secondary N) is 1. The van der Waals surface area contributed by atoms with Crippen molar-refractivity contribution in [3.63, 3.8) is 0 Å². The molecule has 0 aromatic heterocycles. The summed E-state index contributed by atoms with van der Waals surface area (Å²) in [6.07, 6.45) is -0.658. The lowest BCUT2D eigenvalue weighted by Gasteiger charge is -2.33. The Hall–Kier alpha value is -4.34. The van der Waals surface area contributed by atoms with Crippen molar-refractivity contribution in [2.24, 2.45) is 0 Å². The van der Waals surface area contributed by atoms with Crippen molar-refractivity contribution in [2.45, 2.75) is 51.9 Å². The number of carboxylic acid groups (broad SMARTS) is 1. The van der Waals surface area contributed by atoms with E-state index in [1.807, 2.05) is 75.4 Å². The molecule has 0 atom stereocenters. The Balaban J connectivity index is 1.34. The summed E-state index contributed by atoms with van der Waals surface area (Å²) in [7, 11) is -3.31. The van der Waals surface area contributed by atoms with E-state index in [1.54, 1.807) is 11.0 Å². The summed E-state index contributed by atoms with van der Waals surface area (Å²) in [6.45, 7) is 6.64. The first-order valence-electron chi connectivity index (χ1n) is 13.5. The van der Waals surface area contributed by atoms with Crippen LogP contribution in [0.1, 0.15) is 44.7 Å². The first kappa shape index (κ1) is 30.6. The average Bonchev–Trinajstić information content (AvgIpc) is 2.94. The molecule has 1 aliphatic rings. The van der Waals surface area contributed by atoms with Crippen molar-refractivity contribution >= 4 is 38.9 Å². The molecular weight excluding hydrogens is 560 g/mol. The Labute approximate surface area is 245 Å². The molecule has 222 valence electrons. The zero-order valence-electron chi connectivity index (χ0n) is 24.0. The number of hydrogen-bond donors (Lipinski definition) is 1. The number of benzene rings is 3. The quantitative estimate of drug-likeness (QED) is 0.451. The highest BCUT2D eigenvalue weighted by atomic mass is 32.2. The van der Waals surface area contributed by atoms with Crippen LogP contribution < -0.4 is 14.6 Å². The number of amides is 2. The Bertz CT molecular complexity index is 1620. The van der Waals surface area contributed by atoms with Gasteiger partial charge in [0.1, 0.15) is 23.0 Å². The molecule has 0 saturated carbocycles. The lowest BCUT2D eigenvalue weighted by atomic mass is 10.0. The lowest BCUT2D eigenvalue weighted by Crippen LogP contribution is -2.47. The Morgan fingerprint density at radius 1 is 1.05 bits per heavy atom. The van der Waals surface area contributed by atoms with Crippen molar-refractivity contribution in [2.75, 3.05) is 20.1 Å². The van der Waals surface area contributed by atoms with Crippen molar-refractivity contribution < 1.29 is 32.6 Å². The van der Waals surface area contributed by atoms with Crippen LogP contribution in [0.5, 0.6) is 5.75 Å². The molecule has 3 aromatic carbocycles. The number of carbonyl (C=O) groups excluding carboxylic acids is 2. The fraction of sp³-hybridized carbons (Fsp3) is 0.367. The van der Waals surface area contributed by atoms with Crippen molar-refractivity contribution in [3.05, 3.63) is 76.6 Å². The zero-order valence-corrected chi connectivity index (χ0v) is 24.8. The van der Waals surface area contributed by atoms with E-state index in [2.05, 4.69) is 15.6 Å². The minimum absolute atomic E-state index is 0.0116. The van der Waals surface area contributed by atoms with Gasteiger partial charge in [0.15, 0.2) is 6.09 Å². The van der Waals surface area contributed by atoms with E-state index in [-0.39, 0.29) is 23.0 Å². The minimum atomic E-state index is -4.21. The van der Waals surface area contributed by atoms with E-state index in [0.29, 0.717) is 24.3 Å². The molecule has 0 bridgehead atoms. The highest BCUT2D eigenvalue weighted by molar-refractivity contribution is 7.87. The standard InChI is InChI=1S/C30H34N4O7S/c1-30(2,3)41-29(37)34-15-13-27(14-16-34)40-26-11-9-25(10-12-26)31-19-21-5-7-23-8-6-22(18-24(23)17-21)20-32-42(38,39)33(4)28(35)36/h5-12,17-18,27,32H,13-16,20H2,1-4H3. The monoisotopic (exact) mass is 594 g/mol. The summed E-state index contributed by atoms with van der Waals surface area (Å²) in [4.78, 5) is 29.3. The minimum Gasteiger partial charge on any atom is -0.529 e. The molecule has 0 spiro atoms. The van der Waals surface area contributed by atoms with Crippen LogP contribution in [0.25, 0.3) is 15.6 Å². The molecule has 1 heterocycles. The Morgan fingerprint density at radius 3 is 2.36 bits per heavy atom. The van der Waals surface area contributed by atoms with Crippen molar-refractivity contribution in [1.29, 1.82) is 0 Å². The Kier molecular flexibility index (Phi) is 9.23. The second-order valence-electron chi connectivity index (χ2n) is 11.0. The van der Waals surface area contributed by atoms with E-state index < -0.39 is 21.9 Å². The molecule has 1 N–H and O–H groups in total. The number of carbonyl (C=O) groups is 2. The molecule has 1 fully saturated rings. The summed E-state index contributed by atoms with van der Waals surface area (Å²) < 4.78 is 38.0. The molecule has 2 amide bonds. The van der Waals surface area contributed by atoms with Crippen LogP contribution in [-0.4, -0.2) is 61.7 Å². The summed E-state index contributed by atoms with van der Waals surface area (Å²) in [5, 5.41) is 12.6. The third-order valence-electron chi connectivity index (χ3n) is 6.53. The first-order valence-corrected chi connectivity index (χ1v) is 14.9. The maximum absolute atomic E-state index is 12.3. The van der Waals surface area contributed by atoms with Gasteiger partial charge in [0.25, 0.3) is 0 Å². The molecule has 4 rings (SSSR count). The predicted molar refractivity (Wildman–Crippen MR) is 157 cm³/mol. The van der Waals surface area contributed by atoms with Gasteiger partial charge >= 0.3 is 28.1 Å². The van der Waals surface area contributed by atoms with Gasteiger partial charge in [-0.05, 0) is 72.3 Å². The largest absolute Gasteiger partial charge is 0.529 e. The summed E-state index contributed by atoms with van der Waals surface area (Å²) in [6, 6.07) is 21.5. The van der Waals surface area contributed by atoms with Gasteiger partial charge in [-0.3, -0.25) is 0 Å². The lowest BCUT2D eigenvalue weighted by molar-refractivity contribution is -0.258. The average molecular weight is 595 g/mol. The van der Waals surface area contributed by atoms with Gasteiger partial charge < -0.3 is 24.3 Å². The maximum Gasteiger partial charge on any atom is 0.410 e. The highest BCUT2D eigenvalue weighted by Gasteiger charge is 2.27. The van der Waals surface area contributed by atoms with Crippen LogP contribution in [0.3, 0.4) is 0 Å². The molecule has 0 unspecified atom stereocenters. The van der Waals surface area contributed by atoms with Crippen LogP contribution in [0.2, 0.25) is 0 Å². The Morgan fingerprint density at radius 2 is 1.71 bits per heavy atom. The fourth-order valence-electron chi connectivity index (χ4n) is 4.25. The van der Waals surface area contributed by atoms with Gasteiger partial charge in [-0.15, -0.1) is 0 Å². The second-order valence-corrected chi connectivity index (χ2v) is 12.7. The summed E-state index contributed by atoms with van der Waals surface area (Å²) in [5.74, 6) is 0.726. The van der Waals surface area contributed by atoms with E-state index >= 15 is 0 Å². The van der Waals surface area contributed by atoms with Crippen molar-refractivity contribution in [3.8, 4) is 11.8 Å². The number of hydrogen-bond acceptors (Lipinski definition) is 7. The van der Waals surface area contributed by atoms with Gasteiger partial charge in [-0.25, -0.2) is 9.10 Å². The number of nitrogens with zero attached hydrogens (tertiary/aromatic N) is 3. The summed E-state index contributed by atoms with van der Waals surface area (Å²) in [5.41, 5.74) is 1.56. The number of rotatable bonds is 6. The molecular formula is C30H34N4O7S. The third-order valence-corrected chi connectivity index (χ3v) is 7.91. The first-order chi connectivity index (χ1) is 19.8. The molecule has 3 aromatic rings. The highest BCUT2D eigenvalue weighted by Crippen LogP contribution is 2.24. The van der Waals surface area contributed by atoms with E-state index in [9.17, 15) is 23.1 Å². The number of likely N-dealkylation sites (tertiary alicyclic amines) is 1. The van der Waals surface area contributed by atoms with Gasteiger partial charge in [0, 0.05) is 51.7 Å². The van der Waals surface area contributed by atoms with E-state index in [1.165, 1.54) is 0 Å². The van der Waals surface area contributed by atoms with Crippen LogP contribution in [0.4, 0.5) is 15.3 Å². The third kappa shape index (κ3) is 8.34. The fourth-order valence-corrected chi connectivity index (χ4v) is 4.99. The molecule has 0 aliphatic carbocycles. The topological polar surface area (TPSA) is 133 Å². The molecule has 42 heavy (non-hydrogen) atoms. The van der Waals surface area contributed by atoms with E-state index in [4.69, 9.17) is 9.47 Å². The number of fused-ring (bicyclic) bond motifs is 1. The van der Waals surface area contributed by atoms with Gasteiger partial charge in [0.05, 0.1) is 0 Å². The van der Waals surface area contributed by atoms with Crippen molar-refractivity contribution in [1.82, 2.24) is 13.9 Å². The van der Waals surface area contributed by atoms with Crippen LogP contribution in [0, 0.1) is 6.07 Å². The number of ether oxygens (including phenoxy) is 2. The molecule has 1 aliphatic heterocycles. The van der Waals surface area contributed by atoms with Gasteiger partial charge in [0.2, 0.25) is 0 Å². The molecule has 11 nitrogen and oxygen atoms in total. The smallest absolute Gasteiger partial charge is 0.410 e. The predicted octanol–water partition coefficient (Wildman–Crippen LogP) is 4.24. The second kappa shape index (κ2) is 12.7. The molecule has 0 radical (unpaired) electrons. The van der Waals surface area contributed by atoms with Gasteiger partial charge in [-0.1, -0.05) is 18.2 Å². The molecule has 1 saturated heterocycles. The zero-order chi connectivity index (χ0) is 30.5. The van der Waals surface area contributed by atoms with Gasteiger partial charge in [-0.2, -0.15) is 13.1 Å². The normalized spacial score (nSPS) is 14.1. The van der Waals surface area contributed by atoms with E-state index in [0.717, 1.165) is 42.0 Å². The van der Waals surface area contributed by atoms with Crippen LogP contribution in [-0.2, 0) is 21.5 Å². The maximum atomic E-state index is 12.3. The molecule has 12 heteroatoms. The van der Waals surface area contributed by atoms with Crippen LogP contribution in [0.15, 0.2) is 60.7 Å². The summed E-state index contributed by atoms with van der Waals surface area (Å²) >= 11 is 0. The van der Waals surface area contributed by atoms with Crippen LogP contribution >= 0.6 is 0 Å². The number of piperidine rings is 1. The SMILES string of the molecule is CN(C(=O)[O-])S(=O)(=O)NCc1ccc2ccc(C#[N+]c3ccc(OC4CCN(C(=O)OC(C)(C)C)CC4)cc3)cc2c1.